The third-order valence-corrected chi connectivity index (χ3v) is 25.6. The smallest absolute Gasteiger partial charge is 0.200 e. The van der Waals surface area contributed by atoms with Crippen molar-refractivity contribution in [2.75, 3.05) is 11.5 Å². The van der Waals surface area contributed by atoms with E-state index in [0.29, 0.717) is 0 Å². The second kappa shape index (κ2) is 58.3. The molecule has 0 aliphatic heterocycles. The lowest BCUT2D eigenvalue weighted by Crippen LogP contribution is -2.81. The van der Waals surface area contributed by atoms with Gasteiger partial charge in [-0.15, -0.1) is 43.7 Å². The Morgan fingerprint density at radius 1 is 0.136 bits per heavy atom. The summed E-state index contributed by atoms with van der Waals surface area (Å²) in [5, 5.41) is 4.82. The molecule has 0 unspecified atom stereocenters. The number of unbranched alkanes of at least 4 members (excludes halogenated alkanes) is 34. The normalized spacial score (nSPS) is 11.9. The summed E-state index contributed by atoms with van der Waals surface area (Å²) in [6.45, 7) is 9.18. The van der Waals surface area contributed by atoms with Crippen LogP contribution in [0.5, 0.6) is 0 Å². The summed E-state index contributed by atoms with van der Waals surface area (Å²) < 4.78 is 588. The second-order valence-electron chi connectivity index (χ2n) is 33.1. The van der Waals surface area contributed by atoms with Gasteiger partial charge in [0.2, 0.25) is 0 Å². The van der Waals surface area contributed by atoms with Crippen molar-refractivity contribution < 1.29 is 176 Å². The van der Waals surface area contributed by atoms with Crippen LogP contribution in [0.15, 0.2) is 23.0 Å². The fourth-order valence-electron chi connectivity index (χ4n) is 16.4. The average Bonchev–Trinajstić information content (AvgIpc) is 0.683. The third kappa shape index (κ3) is 28.1. The zero-order valence-electron chi connectivity index (χ0n) is 75.8. The van der Waals surface area contributed by atoms with Gasteiger partial charge in [0.15, 0.2) is 140 Å². The first-order valence-corrected chi connectivity index (χ1v) is 47.6. The molecule has 0 saturated carbocycles. The molecule has 140 heavy (non-hydrogen) atoms. The van der Waals surface area contributed by atoms with E-state index in [2.05, 4.69) is 50.7 Å². The molecule has 0 aliphatic rings. The second-order valence-corrected chi connectivity index (χ2v) is 35.3. The molecule has 0 N–H and O–H groups in total. The van der Waals surface area contributed by atoms with Gasteiger partial charge in [-0.25, -0.2) is 176 Å². The lowest BCUT2D eigenvalue weighted by molar-refractivity contribution is 0.377. The molecule has 780 valence electrons. The fraction of sp³-hybridized carbons (Fsp3) is 0.458. The quantitative estimate of drug-likeness (QED) is 0.00678. The summed E-state index contributed by atoms with van der Waals surface area (Å²) in [6, 6.07) is 0. The number of thiol groups is 2. The van der Waals surface area contributed by atoms with E-state index in [1.165, 1.54) is 255 Å². The topological polar surface area (TPSA) is 0 Å². The number of benzene rings is 8. The van der Waals surface area contributed by atoms with Gasteiger partial charge in [-0.2, -0.15) is 0 Å². The third-order valence-electron chi connectivity index (χ3n) is 23.6. The van der Waals surface area contributed by atoms with Crippen molar-refractivity contribution in [3.8, 4) is 0 Å². The maximum Gasteiger partial charge on any atom is 0.200 e. The maximum absolute atomic E-state index is 15.4. The lowest BCUT2D eigenvalue weighted by Gasteiger charge is -2.44. The van der Waals surface area contributed by atoms with Gasteiger partial charge < -0.3 is 0 Å². The molecule has 0 radical (unpaired) electrons. The molecule has 0 spiro atoms. The molecular weight excluding hydrogens is 2000 g/mol. The molecule has 8 aromatic rings. The molecule has 0 saturated heterocycles. The van der Waals surface area contributed by atoms with Crippen LogP contribution in [0.2, 0.25) is 0 Å². The summed E-state index contributed by atoms with van der Waals surface area (Å²) in [5.74, 6) is -140. The molecule has 0 nitrogen and oxygen atoms in total. The van der Waals surface area contributed by atoms with Crippen LogP contribution in [0.25, 0.3) is 0 Å². The average molecular weight is 2100 g/mol. The molecular formula is C96H98B2F40S2. The molecule has 8 rings (SSSR count). The van der Waals surface area contributed by atoms with Crippen LogP contribution in [0.4, 0.5) is 176 Å². The highest BCUT2D eigenvalue weighted by Crippen LogP contribution is 2.36. The first kappa shape index (κ1) is 122. The number of allylic oxidation sites excluding steroid dienone is 2. The predicted molar refractivity (Wildman–Crippen MR) is 462 cm³/mol. The Labute approximate surface area is 790 Å². The van der Waals surface area contributed by atoms with E-state index in [4.69, 9.17) is 0 Å². The summed E-state index contributed by atoms with van der Waals surface area (Å²) in [7, 11) is 0. The Hall–Kier alpha value is -8.73. The van der Waals surface area contributed by atoms with Gasteiger partial charge in [-0.3, -0.25) is 0 Å². The van der Waals surface area contributed by atoms with Crippen LogP contribution < -0.4 is 43.7 Å². The zero-order valence-corrected chi connectivity index (χ0v) is 77.6. The summed E-state index contributed by atoms with van der Waals surface area (Å²) in [4.78, 5) is 0. The molecule has 0 aliphatic carbocycles. The van der Waals surface area contributed by atoms with E-state index < -0.39 is 289 Å². The Morgan fingerprint density at radius 2 is 0.236 bits per heavy atom. The van der Waals surface area contributed by atoms with E-state index in [1.54, 1.807) is 23.5 Å². The minimum Gasteiger partial charge on any atom is -0.207 e. The van der Waals surface area contributed by atoms with Gasteiger partial charge in [0, 0.05) is 23.5 Å². The Bertz CT molecular complexity index is 4420. The Kier molecular flexibility index (Phi) is 50.7. The molecule has 0 amide bonds. The zero-order chi connectivity index (χ0) is 105. The number of rotatable bonds is 50. The van der Waals surface area contributed by atoms with Gasteiger partial charge in [-0.05, 0) is 63.5 Å². The van der Waals surface area contributed by atoms with E-state index >= 15 is 70.2 Å². The van der Waals surface area contributed by atoms with Crippen LogP contribution in [0.1, 0.15) is 272 Å². The number of hydrogen-bond donors (Lipinski definition) is 0. The van der Waals surface area contributed by atoms with Crippen molar-refractivity contribution in [3.63, 3.8) is 0 Å². The summed E-state index contributed by atoms with van der Waals surface area (Å²) in [6.07, 6.45) is 44.9. The first-order valence-electron chi connectivity index (χ1n) is 45.3. The Balaban J connectivity index is 0.000000343. The number of hydrogen-bond acceptors (Lipinski definition) is 0. The highest BCUT2D eigenvalue weighted by molar-refractivity contribution is 7.81. The number of halogens is 40. The lowest BCUT2D eigenvalue weighted by atomic mass is 9.12. The monoisotopic (exact) mass is 2100 g/mol. The van der Waals surface area contributed by atoms with E-state index in [1.807, 2.05) is 0 Å². The molecule has 0 bridgehead atoms. The van der Waals surface area contributed by atoms with E-state index in [9.17, 15) is 105 Å². The van der Waals surface area contributed by atoms with Crippen molar-refractivity contribution in [1.82, 2.24) is 0 Å². The van der Waals surface area contributed by atoms with Gasteiger partial charge in [0.25, 0.3) is 0 Å². The van der Waals surface area contributed by atoms with Crippen LogP contribution >= 0.6 is 0 Å². The van der Waals surface area contributed by atoms with Crippen LogP contribution in [0.3, 0.4) is 0 Å². The van der Waals surface area contributed by atoms with E-state index in [-0.39, 0.29) is 0 Å². The molecule has 0 fully saturated rings. The van der Waals surface area contributed by atoms with Crippen LogP contribution in [-0.2, 0) is 23.5 Å². The maximum atomic E-state index is 15.4. The minimum absolute atomic E-state index is 1.31. The SMILES string of the molecule is CCCCCCCCCCC=C[SH+]CCCCCCCCCCCC.CCCCCCCCCCC=C[SH+]CCCCCCCCCCCC.Fc1c(F)c(F)c([B-](c2c(F)c(F)c(F)c(F)c2F)(c2c(F)c(F)c(F)c(F)c2F)c2c(F)c(F)c(F)c(F)c2F)c(F)c1F.Fc1c(F)c(F)c([B-](c2c(F)c(F)c(F)c(F)c2F)(c2c(F)c(F)c(F)c(F)c2F)c2c(F)c(F)c(F)c(F)c2F)c(F)c1F. The highest BCUT2D eigenvalue weighted by Gasteiger charge is 2.55. The summed E-state index contributed by atoms with van der Waals surface area (Å²) in [5.41, 5.74) is -28.7. The predicted octanol–water partition coefficient (Wildman–Crippen LogP) is 29.2. The van der Waals surface area contributed by atoms with Crippen molar-refractivity contribution in [3.05, 3.63) is 256 Å². The van der Waals surface area contributed by atoms with E-state index in [0.717, 1.165) is 0 Å². The Morgan fingerprint density at radius 3 is 0.357 bits per heavy atom. The largest absolute Gasteiger partial charge is 0.207 e. The molecule has 8 aromatic carbocycles. The molecule has 44 heteroatoms. The molecule has 0 atom stereocenters. The van der Waals surface area contributed by atoms with Crippen molar-refractivity contribution in [2.24, 2.45) is 0 Å². The van der Waals surface area contributed by atoms with Gasteiger partial charge in [-0.1, -0.05) is 220 Å². The standard InChI is InChI=1S/2C24BF20.2C24H48S/c2*26-5-1(6(27)14(35)21(42)13(5)34)25(2-7(28)15(36)22(43)16(37)8(2)29,3-9(30)17(38)23(44)18(39)10(3)31)4-11(32)19(40)24(45)20(41)12(4)33;2*1-3-5-7-9-11-13-15-17-19-21-23-25-24-22-20-18-16-14-12-10-8-6-4-2/h;;2*21,23H,3-20,22,24H2,1-2H3/q2*-1;;/p+2. The van der Waals surface area contributed by atoms with Gasteiger partial charge in [0.05, 0.1) is 0 Å². The van der Waals surface area contributed by atoms with Gasteiger partial charge in [0.1, 0.15) is 128 Å². The van der Waals surface area contributed by atoms with Crippen LogP contribution in [0, 0.1) is 233 Å². The molecule has 0 aromatic heterocycles. The van der Waals surface area contributed by atoms with Crippen molar-refractivity contribution >= 4 is 79.5 Å². The fourth-order valence-corrected chi connectivity index (χ4v) is 18.1. The summed E-state index contributed by atoms with van der Waals surface area (Å²) >= 11 is 3.10. The minimum atomic E-state index is -7.22. The first-order chi connectivity index (χ1) is 66.2. The van der Waals surface area contributed by atoms with Crippen molar-refractivity contribution in [2.45, 2.75) is 272 Å². The van der Waals surface area contributed by atoms with Crippen molar-refractivity contribution in [1.29, 1.82) is 0 Å². The molecule has 0 heterocycles. The van der Waals surface area contributed by atoms with Crippen LogP contribution in [-0.4, -0.2) is 23.8 Å². The highest BCUT2D eigenvalue weighted by atomic mass is 32.2. The van der Waals surface area contributed by atoms with Gasteiger partial charge >= 0.3 is 0 Å².